The second-order valence-electron chi connectivity index (χ2n) is 4.40. The molecule has 1 aromatic heterocycles. The topological polar surface area (TPSA) is 30.7 Å². The van der Waals surface area contributed by atoms with Gasteiger partial charge in [0.15, 0.2) is 5.82 Å². The Balaban J connectivity index is 2.22. The summed E-state index contributed by atoms with van der Waals surface area (Å²) in [4.78, 5) is 0. The lowest BCUT2D eigenvalue weighted by molar-refractivity contribution is 0.584. The minimum Gasteiger partial charge on any atom is -0.278 e. The molecule has 0 bridgehead atoms. The third kappa shape index (κ3) is 2.71. The fourth-order valence-electron chi connectivity index (χ4n) is 2.12. The summed E-state index contributed by atoms with van der Waals surface area (Å²) in [5.41, 5.74) is 1.17. The predicted octanol–water partition coefficient (Wildman–Crippen LogP) is 4.11. The van der Waals surface area contributed by atoms with E-state index in [1.54, 1.807) is 4.57 Å². The Morgan fingerprint density at radius 1 is 0.952 bits per heavy atom. The van der Waals surface area contributed by atoms with Gasteiger partial charge >= 0.3 is 0 Å². The van der Waals surface area contributed by atoms with Crippen LogP contribution in [0.15, 0.2) is 48.5 Å². The minimum absolute atomic E-state index is 0.344. The first-order valence-corrected chi connectivity index (χ1v) is 7.33. The first-order chi connectivity index (χ1) is 10.2. The Labute approximate surface area is 128 Å². The highest BCUT2D eigenvalue weighted by atomic mass is 79.9. The summed E-state index contributed by atoms with van der Waals surface area (Å²) in [5, 5.41) is 8.61. The van der Waals surface area contributed by atoms with Gasteiger partial charge in [0, 0.05) is 17.3 Å². The summed E-state index contributed by atoms with van der Waals surface area (Å²) in [6.07, 6.45) is 0. The molecule has 0 spiro atoms. The van der Waals surface area contributed by atoms with Crippen molar-refractivity contribution < 1.29 is 8.78 Å². The fourth-order valence-corrected chi connectivity index (χ4v) is 2.48. The van der Waals surface area contributed by atoms with Gasteiger partial charge in [0.1, 0.15) is 17.5 Å². The molecule has 0 aliphatic heterocycles. The molecule has 6 heteroatoms. The lowest BCUT2D eigenvalue weighted by Crippen LogP contribution is -2.01. The van der Waals surface area contributed by atoms with E-state index in [9.17, 15) is 8.78 Å². The summed E-state index contributed by atoms with van der Waals surface area (Å²) in [6, 6.07) is 12.7. The van der Waals surface area contributed by atoms with Crippen LogP contribution in [0.1, 0.15) is 5.82 Å². The molecule has 0 aliphatic rings. The van der Waals surface area contributed by atoms with Gasteiger partial charge in [0.25, 0.3) is 0 Å². The molecule has 0 aliphatic carbocycles. The Bertz CT molecular complexity index is 752. The summed E-state index contributed by atoms with van der Waals surface area (Å²) < 4.78 is 28.6. The highest BCUT2D eigenvalue weighted by Gasteiger charge is 2.16. The van der Waals surface area contributed by atoms with E-state index in [2.05, 4.69) is 26.1 Å². The van der Waals surface area contributed by atoms with Crippen LogP contribution in [-0.2, 0) is 5.33 Å². The van der Waals surface area contributed by atoms with Gasteiger partial charge in [-0.15, -0.1) is 10.2 Å². The zero-order chi connectivity index (χ0) is 14.8. The second kappa shape index (κ2) is 5.73. The minimum atomic E-state index is -0.645. The van der Waals surface area contributed by atoms with Crippen LogP contribution < -0.4 is 0 Å². The number of halogens is 3. The van der Waals surface area contributed by atoms with E-state index in [4.69, 9.17) is 0 Å². The SMILES string of the molecule is Fc1cc(F)cc(-c2nnc(CBr)n2-c2ccccc2)c1. The van der Waals surface area contributed by atoms with Crippen molar-refractivity contribution in [3.05, 3.63) is 66.0 Å². The molecule has 0 N–H and O–H groups in total. The van der Waals surface area contributed by atoms with E-state index in [-0.39, 0.29) is 0 Å². The molecule has 0 saturated heterocycles. The van der Waals surface area contributed by atoms with Crippen LogP contribution in [0, 0.1) is 11.6 Å². The molecule has 21 heavy (non-hydrogen) atoms. The maximum absolute atomic E-state index is 13.4. The summed E-state index contributed by atoms with van der Waals surface area (Å²) in [6.45, 7) is 0. The lowest BCUT2D eigenvalue weighted by atomic mass is 10.2. The van der Waals surface area contributed by atoms with Crippen molar-refractivity contribution in [1.82, 2.24) is 14.8 Å². The summed E-state index contributed by atoms with van der Waals surface area (Å²) in [5.74, 6) is -0.240. The zero-order valence-corrected chi connectivity index (χ0v) is 12.4. The number of benzene rings is 2. The monoisotopic (exact) mass is 349 g/mol. The molecule has 0 unspecified atom stereocenters. The molecular weight excluding hydrogens is 340 g/mol. The quantitative estimate of drug-likeness (QED) is 0.666. The smallest absolute Gasteiger partial charge is 0.168 e. The lowest BCUT2D eigenvalue weighted by Gasteiger charge is -2.09. The van der Waals surface area contributed by atoms with Crippen LogP contribution in [0.3, 0.4) is 0 Å². The number of hydrogen-bond acceptors (Lipinski definition) is 2. The highest BCUT2D eigenvalue weighted by molar-refractivity contribution is 9.08. The van der Waals surface area contributed by atoms with E-state index >= 15 is 0 Å². The van der Waals surface area contributed by atoms with Gasteiger partial charge in [0.2, 0.25) is 0 Å². The predicted molar refractivity (Wildman–Crippen MR) is 79.3 cm³/mol. The van der Waals surface area contributed by atoms with E-state index in [1.807, 2.05) is 30.3 Å². The first-order valence-electron chi connectivity index (χ1n) is 6.21. The molecule has 3 rings (SSSR count). The van der Waals surface area contributed by atoms with Gasteiger partial charge in [-0.05, 0) is 24.3 Å². The van der Waals surface area contributed by atoms with Crippen LogP contribution in [0.2, 0.25) is 0 Å². The van der Waals surface area contributed by atoms with Crippen molar-refractivity contribution in [3.63, 3.8) is 0 Å². The van der Waals surface area contributed by atoms with Crippen molar-refractivity contribution in [2.75, 3.05) is 0 Å². The van der Waals surface area contributed by atoms with Crippen LogP contribution in [0.5, 0.6) is 0 Å². The van der Waals surface area contributed by atoms with E-state index < -0.39 is 11.6 Å². The second-order valence-corrected chi connectivity index (χ2v) is 4.96. The number of nitrogens with zero attached hydrogens (tertiary/aromatic N) is 3. The van der Waals surface area contributed by atoms with Gasteiger partial charge in [-0.25, -0.2) is 8.78 Å². The van der Waals surface area contributed by atoms with Crippen LogP contribution in [0.25, 0.3) is 17.1 Å². The highest BCUT2D eigenvalue weighted by Crippen LogP contribution is 2.25. The molecule has 0 fully saturated rings. The van der Waals surface area contributed by atoms with Crippen molar-refractivity contribution >= 4 is 15.9 Å². The van der Waals surface area contributed by atoms with Gasteiger partial charge in [-0.2, -0.15) is 0 Å². The van der Waals surface area contributed by atoms with Crippen molar-refractivity contribution in [2.24, 2.45) is 0 Å². The largest absolute Gasteiger partial charge is 0.278 e. The molecule has 0 radical (unpaired) electrons. The average Bonchev–Trinajstić information content (AvgIpc) is 2.91. The van der Waals surface area contributed by atoms with Crippen molar-refractivity contribution in [1.29, 1.82) is 0 Å². The van der Waals surface area contributed by atoms with Crippen molar-refractivity contribution in [2.45, 2.75) is 5.33 Å². The molecule has 106 valence electrons. The Kier molecular flexibility index (Phi) is 3.79. The number of hydrogen-bond donors (Lipinski definition) is 0. The molecule has 0 saturated carbocycles. The van der Waals surface area contributed by atoms with Crippen molar-refractivity contribution in [3.8, 4) is 17.1 Å². The van der Waals surface area contributed by atoms with E-state index in [0.717, 1.165) is 11.8 Å². The fraction of sp³-hybridized carbons (Fsp3) is 0.0667. The Morgan fingerprint density at radius 2 is 1.62 bits per heavy atom. The Morgan fingerprint density at radius 3 is 2.24 bits per heavy atom. The number of rotatable bonds is 3. The molecule has 3 aromatic rings. The standard InChI is InChI=1S/C15H10BrF2N3/c16-9-14-19-20-15(10-6-11(17)8-12(18)7-10)21(14)13-4-2-1-3-5-13/h1-8H,9H2. The summed E-state index contributed by atoms with van der Waals surface area (Å²) in [7, 11) is 0. The van der Waals surface area contributed by atoms with Crippen LogP contribution in [-0.4, -0.2) is 14.8 Å². The maximum atomic E-state index is 13.4. The number of alkyl halides is 1. The zero-order valence-electron chi connectivity index (χ0n) is 10.8. The molecule has 1 heterocycles. The maximum Gasteiger partial charge on any atom is 0.168 e. The molecular formula is C15H10BrF2N3. The third-order valence-corrected chi connectivity index (χ3v) is 3.49. The van der Waals surface area contributed by atoms with E-state index in [1.165, 1.54) is 12.1 Å². The number of aromatic nitrogens is 3. The first kappa shape index (κ1) is 13.9. The normalized spacial score (nSPS) is 10.8. The van der Waals surface area contributed by atoms with Gasteiger partial charge < -0.3 is 0 Å². The van der Waals surface area contributed by atoms with Crippen LogP contribution in [0.4, 0.5) is 8.78 Å². The van der Waals surface area contributed by atoms with Gasteiger partial charge in [-0.1, -0.05) is 34.1 Å². The average molecular weight is 350 g/mol. The number of para-hydroxylation sites is 1. The van der Waals surface area contributed by atoms with Gasteiger partial charge in [-0.3, -0.25) is 4.57 Å². The molecule has 0 atom stereocenters. The van der Waals surface area contributed by atoms with Crippen LogP contribution >= 0.6 is 15.9 Å². The molecule has 0 amide bonds. The Hall–Kier alpha value is -2.08. The van der Waals surface area contributed by atoms with E-state index in [0.29, 0.717) is 22.5 Å². The third-order valence-electron chi connectivity index (χ3n) is 2.98. The van der Waals surface area contributed by atoms with Gasteiger partial charge in [0.05, 0.1) is 5.33 Å². The summed E-state index contributed by atoms with van der Waals surface area (Å²) >= 11 is 3.35. The molecule has 3 nitrogen and oxygen atoms in total. The molecule has 2 aromatic carbocycles.